The van der Waals surface area contributed by atoms with Crippen molar-refractivity contribution in [2.24, 2.45) is 0 Å². The van der Waals surface area contributed by atoms with Gasteiger partial charge in [0.2, 0.25) is 0 Å². The van der Waals surface area contributed by atoms with Gasteiger partial charge in [-0.3, -0.25) is 0 Å². The van der Waals surface area contributed by atoms with Crippen LogP contribution in [0.3, 0.4) is 0 Å². The van der Waals surface area contributed by atoms with E-state index in [9.17, 15) is 9.18 Å². The monoisotopic (exact) mass is 323 g/mol. The highest BCUT2D eigenvalue weighted by atomic mass is 32.2. The Labute approximate surface area is 135 Å². The van der Waals surface area contributed by atoms with Gasteiger partial charge in [-0.1, -0.05) is 0 Å². The van der Waals surface area contributed by atoms with Crippen molar-refractivity contribution in [1.82, 2.24) is 14.7 Å². The second kappa shape index (κ2) is 6.87. The molecule has 1 aromatic rings. The zero-order valence-electron chi connectivity index (χ0n) is 12.9. The number of urea groups is 1. The normalized spacial score (nSPS) is 23.1. The van der Waals surface area contributed by atoms with Gasteiger partial charge in [0, 0.05) is 49.4 Å². The van der Waals surface area contributed by atoms with Crippen molar-refractivity contribution < 1.29 is 9.18 Å². The predicted octanol–water partition coefficient (Wildman–Crippen LogP) is 2.36. The summed E-state index contributed by atoms with van der Waals surface area (Å²) in [5.74, 6) is -0.206. The summed E-state index contributed by atoms with van der Waals surface area (Å²) < 4.78 is 12.9. The molecule has 0 saturated carbocycles. The van der Waals surface area contributed by atoms with Gasteiger partial charge in [0.05, 0.1) is 0 Å². The molecule has 0 aromatic heterocycles. The number of carbonyl (C=O) groups excluding carboxylic acids is 1. The molecular weight excluding hydrogens is 301 g/mol. The minimum absolute atomic E-state index is 0.176. The summed E-state index contributed by atoms with van der Waals surface area (Å²) in [6.45, 7) is 5.15. The molecule has 2 saturated heterocycles. The lowest BCUT2D eigenvalue weighted by Gasteiger charge is -2.34. The van der Waals surface area contributed by atoms with Gasteiger partial charge in [0.1, 0.15) is 5.82 Å². The van der Waals surface area contributed by atoms with Gasteiger partial charge in [-0.25, -0.2) is 9.18 Å². The second-order valence-electron chi connectivity index (χ2n) is 6.00. The van der Waals surface area contributed by atoms with Crippen molar-refractivity contribution in [2.75, 3.05) is 46.3 Å². The van der Waals surface area contributed by atoms with E-state index in [2.05, 4.69) is 11.9 Å². The molecule has 2 aliphatic rings. The molecule has 2 fully saturated rings. The topological polar surface area (TPSA) is 26.8 Å². The Morgan fingerprint density at radius 3 is 2.45 bits per heavy atom. The van der Waals surface area contributed by atoms with E-state index in [1.165, 1.54) is 12.1 Å². The van der Waals surface area contributed by atoms with Crippen LogP contribution in [-0.2, 0) is 0 Å². The van der Waals surface area contributed by atoms with Crippen LogP contribution in [0.15, 0.2) is 29.2 Å². The van der Waals surface area contributed by atoms with E-state index in [-0.39, 0.29) is 11.8 Å². The molecular formula is C16H22FN3OS. The van der Waals surface area contributed by atoms with Gasteiger partial charge in [-0.15, -0.1) is 11.8 Å². The third-order valence-electron chi connectivity index (χ3n) is 4.31. The van der Waals surface area contributed by atoms with Crippen LogP contribution in [0.2, 0.25) is 0 Å². The molecule has 1 aromatic carbocycles. The zero-order valence-corrected chi connectivity index (χ0v) is 13.7. The van der Waals surface area contributed by atoms with Gasteiger partial charge >= 0.3 is 6.03 Å². The predicted molar refractivity (Wildman–Crippen MR) is 86.7 cm³/mol. The molecule has 2 aliphatic heterocycles. The van der Waals surface area contributed by atoms with Crippen molar-refractivity contribution >= 4 is 17.8 Å². The summed E-state index contributed by atoms with van der Waals surface area (Å²) in [7, 11) is 2.09. The highest BCUT2D eigenvalue weighted by Crippen LogP contribution is 2.30. The molecule has 22 heavy (non-hydrogen) atoms. The summed E-state index contributed by atoms with van der Waals surface area (Å²) in [5.41, 5.74) is 0. The van der Waals surface area contributed by atoms with Gasteiger partial charge in [0.15, 0.2) is 0 Å². The summed E-state index contributed by atoms with van der Waals surface area (Å²) in [6.07, 6.45) is 1.00. The summed E-state index contributed by atoms with van der Waals surface area (Å²) in [6, 6.07) is 6.78. The number of likely N-dealkylation sites (N-methyl/N-ethyl adjacent to an activating group) is 1. The van der Waals surface area contributed by atoms with Gasteiger partial charge < -0.3 is 14.7 Å². The van der Waals surface area contributed by atoms with Gasteiger partial charge in [-0.05, 0) is 37.7 Å². The lowest BCUT2D eigenvalue weighted by Crippen LogP contribution is -2.51. The number of piperazine rings is 1. The molecule has 0 spiro atoms. The third-order valence-corrected chi connectivity index (χ3v) is 5.57. The number of rotatable bonds is 2. The number of amides is 2. The van der Waals surface area contributed by atoms with Crippen molar-refractivity contribution in [3.63, 3.8) is 0 Å². The minimum Gasteiger partial charge on any atom is -0.323 e. The maximum atomic E-state index is 12.9. The molecule has 1 unspecified atom stereocenters. The first-order valence-electron chi connectivity index (χ1n) is 7.76. The fourth-order valence-corrected chi connectivity index (χ4v) is 4.06. The van der Waals surface area contributed by atoms with Crippen LogP contribution in [0, 0.1) is 5.82 Å². The number of halogens is 1. The molecule has 2 amide bonds. The van der Waals surface area contributed by atoms with E-state index in [1.807, 2.05) is 21.9 Å². The van der Waals surface area contributed by atoms with Gasteiger partial charge in [-0.2, -0.15) is 0 Å². The average molecular weight is 323 g/mol. The van der Waals surface area contributed by atoms with Crippen LogP contribution in [0.5, 0.6) is 0 Å². The van der Waals surface area contributed by atoms with E-state index in [4.69, 9.17) is 0 Å². The number of hydrogen-bond acceptors (Lipinski definition) is 3. The number of likely N-dealkylation sites (tertiary alicyclic amines) is 1. The lowest BCUT2D eigenvalue weighted by atomic mass is 10.3. The maximum Gasteiger partial charge on any atom is 0.320 e. The standard InChI is InChI=1S/C16H22FN3OS/c1-18-8-10-19(11-9-18)16(21)20-7-6-15(12-20)22-14-4-2-13(17)3-5-14/h2-5,15H,6-12H2,1H3. The molecule has 2 heterocycles. The second-order valence-corrected chi connectivity index (χ2v) is 7.38. The SMILES string of the molecule is CN1CCN(C(=O)N2CCC(Sc3ccc(F)cc3)C2)CC1. The van der Waals surface area contributed by atoms with E-state index in [0.29, 0.717) is 5.25 Å². The quantitative estimate of drug-likeness (QED) is 0.836. The number of benzene rings is 1. The molecule has 0 N–H and O–H groups in total. The molecule has 1 atom stereocenters. The largest absolute Gasteiger partial charge is 0.323 e. The first-order valence-corrected chi connectivity index (χ1v) is 8.64. The lowest BCUT2D eigenvalue weighted by molar-refractivity contribution is 0.129. The fourth-order valence-electron chi connectivity index (χ4n) is 2.90. The van der Waals surface area contributed by atoms with E-state index in [0.717, 1.165) is 50.6 Å². The van der Waals surface area contributed by atoms with E-state index >= 15 is 0 Å². The van der Waals surface area contributed by atoms with Crippen LogP contribution in [-0.4, -0.2) is 72.3 Å². The Morgan fingerprint density at radius 1 is 1.09 bits per heavy atom. The van der Waals surface area contributed by atoms with Crippen molar-refractivity contribution in [3.8, 4) is 0 Å². The van der Waals surface area contributed by atoms with Crippen LogP contribution in [0.4, 0.5) is 9.18 Å². The first kappa shape index (κ1) is 15.6. The molecule has 0 aliphatic carbocycles. The highest BCUT2D eigenvalue weighted by Gasteiger charge is 2.30. The Hall–Kier alpha value is -1.27. The highest BCUT2D eigenvalue weighted by molar-refractivity contribution is 8.00. The fraction of sp³-hybridized carbons (Fsp3) is 0.562. The molecule has 3 rings (SSSR count). The summed E-state index contributed by atoms with van der Waals surface area (Å²) in [4.78, 5) is 19.8. The first-order chi connectivity index (χ1) is 10.6. The van der Waals surface area contributed by atoms with Crippen molar-refractivity contribution in [3.05, 3.63) is 30.1 Å². The Kier molecular flexibility index (Phi) is 4.88. The zero-order chi connectivity index (χ0) is 15.5. The maximum absolute atomic E-state index is 12.9. The van der Waals surface area contributed by atoms with Crippen molar-refractivity contribution in [1.29, 1.82) is 0 Å². The van der Waals surface area contributed by atoms with Crippen LogP contribution < -0.4 is 0 Å². The number of hydrogen-bond donors (Lipinski definition) is 0. The Balaban J connectivity index is 1.51. The number of thioether (sulfide) groups is 1. The molecule has 6 heteroatoms. The van der Waals surface area contributed by atoms with Crippen LogP contribution in [0.1, 0.15) is 6.42 Å². The molecule has 120 valence electrons. The smallest absolute Gasteiger partial charge is 0.320 e. The molecule has 0 bridgehead atoms. The summed E-state index contributed by atoms with van der Waals surface area (Å²) in [5, 5.41) is 0.405. The van der Waals surface area contributed by atoms with Crippen molar-refractivity contribution in [2.45, 2.75) is 16.6 Å². The minimum atomic E-state index is -0.206. The Morgan fingerprint density at radius 2 is 1.77 bits per heavy atom. The number of carbonyl (C=O) groups is 1. The third kappa shape index (κ3) is 3.73. The van der Waals surface area contributed by atoms with E-state index in [1.54, 1.807) is 11.8 Å². The summed E-state index contributed by atoms with van der Waals surface area (Å²) >= 11 is 1.74. The van der Waals surface area contributed by atoms with Crippen LogP contribution >= 0.6 is 11.8 Å². The molecule has 0 radical (unpaired) electrons. The molecule has 4 nitrogen and oxygen atoms in total. The average Bonchev–Trinajstić information content (AvgIpc) is 2.98. The Bertz CT molecular complexity index is 517. The van der Waals surface area contributed by atoms with Gasteiger partial charge in [0.25, 0.3) is 0 Å². The number of nitrogens with zero attached hydrogens (tertiary/aromatic N) is 3. The van der Waals surface area contributed by atoms with Crippen LogP contribution in [0.25, 0.3) is 0 Å². The van der Waals surface area contributed by atoms with E-state index < -0.39 is 0 Å².